The van der Waals surface area contributed by atoms with E-state index in [2.05, 4.69) is 23.8 Å². The summed E-state index contributed by atoms with van der Waals surface area (Å²) in [4.78, 5) is 8.45. The zero-order chi connectivity index (χ0) is 11.9. The molecule has 1 fully saturated rings. The lowest BCUT2D eigenvalue weighted by Gasteiger charge is -2.18. The Hall–Kier alpha value is -0.870. The Kier molecular flexibility index (Phi) is 2.80. The van der Waals surface area contributed by atoms with Crippen LogP contribution in [0.15, 0.2) is 0 Å². The molecule has 1 aromatic heterocycles. The number of hydrogen-bond acceptors (Lipinski definition) is 4. The van der Waals surface area contributed by atoms with Crippen LogP contribution in [0, 0.1) is 0 Å². The smallest absolute Gasteiger partial charge is 0.317 e. The molecule has 16 heavy (non-hydrogen) atoms. The van der Waals surface area contributed by atoms with Crippen molar-refractivity contribution in [3.8, 4) is 6.01 Å². The highest BCUT2D eigenvalue weighted by atomic mass is 35.5. The van der Waals surface area contributed by atoms with Gasteiger partial charge >= 0.3 is 6.01 Å². The molecule has 1 aliphatic carbocycles. The van der Waals surface area contributed by atoms with Crippen molar-refractivity contribution < 1.29 is 4.74 Å². The lowest BCUT2D eigenvalue weighted by molar-refractivity contribution is 0.376. The average molecular weight is 242 g/mol. The fourth-order valence-electron chi connectivity index (χ4n) is 1.78. The Morgan fingerprint density at radius 1 is 1.38 bits per heavy atom. The number of ether oxygens (including phenoxy) is 1. The maximum Gasteiger partial charge on any atom is 0.317 e. The first-order valence-corrected chi connectivity index (χ1v) is 5.76. The number of rotatable bonds is 3. The normalized spacial score (nSPS) is 17.6. The van der Waals surface area contributed by atoms with Crippen LogP contribution < -0.4 is 10.5 Å². The summed E-state index contributed by atoms with van der Waals surface area (Å²) in [7, 11) is 1.53. The molecule has 2 N–H and O–H groups in total. The molecule has 0 unspecified atom stereocenters. The number of methoxy groups -OCH3 is 1. The fraction of sp³-hybridized carbons (Fsp3) is 0.636. The monoisotopic (exact) mass is 241 g/mol. The zero-order valence-corrected chi connectivity index (χ0v) is 10.5. The van der Waals surface area contributed by atoms with Gasteiger partial charge in [0.2, 0.25) is 0 Å². The van der Waals surface area contributed by atoms with Crippen molar-refractivity contribution in [3.05, 3.63) is 16.4 Å². The van der Waals surface area contributed by atoms with Gasteiger partial charge in [0.15, 0.2) is 0 Å². The third-order valence-corrected chi connectivity index (χ3v) is 3.16. The standard InChI is InChI=1S/C11H16ClN3O/c1-6(2)8-7(11(13)4-5-11)9(12)15-10(14-8)16-3/h6H,4-5,13H2,1-3H3. The average Bonchev–Trinajstić information content (AvgIpc) is 2.95. The van der Waals surface area contributed by atoms with Crippen LogP contribution in [0.5, 0.6) is 6.01 Å². The first-order valence-electron chi connectivity index (χ1n) is 5.38. The Bertz CT molecular complexity index is 416. The molecule has 0 radical (unpaired) electrons. The molecule has 0 saturated heterocycles. The van der Waals surface area contributed by atoms with E-state index in [0.29, 0.717) is 11.2 Å². The molecule has 2 rings (SSSR count). The summed E-state index contributed by atoms with van der Waals surface area (Å²) >= 11 is 6.17. The Labute approximate surface area is 100 Å². The highest BCUT2D eigenvalue weighted by Crippen LogP contribution is 2.47. The largest absolute Gasteiger partial charge is 0.467 e. The molecule has 0 bridgehead atoms. The maximum absolute atomic E-state index is 6.19. The molecule has 1 saturated carbocycles. The van der Waals surface area contributed by atoms with Crippen molar-refractivity contribution in [2.75, 3.05) is 7.11 Å². The van der Waals surface area contributed by atoms with Gasteiger partial charge in [-0.15, -0.1) is 0 Å². The number of aromatic nitrogens is 2. The number of nitrogens with two attached hydrogens (primary N) is 1. The Morgan fingerprint density at radius 2 is 2.00 bits per heavy atom. The molecule has 1 aliphatic rings. The molecule has 1 heterocycles. The van der Waals surface area contributed by atoms with E-state index in [0.717, 1.165) is 24.1 Å². The van der Waals surface area contributed by atoms with Crippen molar-refractivity contribution in [2.45, 2.75) is 38.1 Å². The second kappa shape index (κ2) is 3.86. The molecule has 88 valence electrons. The van der Waals surface area contributed by atoms with Crippen LogP contribution in [-0.2, 0) is 5.54 Å². The summed E-state index contributed by atoms with van der Waals surface area (Å²) in [5, 5.41) is 0.426. The van der Waals surface area contributed by atoms with Crippen LogP contribution in [0.3, 0.4) is 0 Å². The first kappa shape index (κ1) is 11.6. The zero-order valence-electron chi connectivity index (χ0n) is 9.75. The minimum absolute atomic E-state index is 0.255. The minimum Gasteiger partial charge on any atom is -0.467 e. The third-order valence-electron chi connectivity index (χ3n) is 2.89. The second-order valence-electron chi connectivity index (χ2n) is 4.57. The fourth-order valence-corrected chi connectivity index (χ4v) is 2.14. The van der Waals surface area contributed by atoms with Gasteiger partial charge < -0.3 is 10.5 Å². The molecule has 0 atom stereocenters. The van der Waals surface area contributed by atoms with E-state index in [1.807, 2.05) is 0 Å². The summed E-state index contributed by atoms with van der Waals surface area (Å²) in [6, 6.07) is 0.307. The molecule has 0 amide bonds. The number of hydrogen-bond donors (Lipinski definition) is 1. The molecule has 1 aromatic rings. The second-order valence-corrected chi connectivity index (χ2v) is 4.93. The molecule has 4 nitrogen and oxygen atoms in total. The van der Waals surface area contributed by atoms with E-state index in [1.54, 1.807) is 0 Å². The van der Waals surface area contributed by atoms with E-state index in [-0.39, 0.29) is 11.5 Å². The Morgan fingerprint density at radius 3 is 2.44 bits per heavy atom. The van der Waals surface area contributed by atoms with Gasteiger partial charge in [-0.25, -0.2) is 0 Å². The van der Waals surface area contributed by atoms with Gasteiger partial charge in [-0.1, -0.05) is 25.4 Å². The van der Waals surface area contributed by atoms with E-state index in [4.69, 9.17) is 22.1 Å². The molecule has 0 spiro atoms. The van der Waals surface area contributed by atoms with Crippen LogP contribution >= 0.6 is 11.6 Å². The maximum atomic E-state index is 6.19. The van der Waals surface area contributed by atoms with Gasteiger partial charge in [0.25, 0.3) is 0 Å². The van der Waals surface area contributed by atoms with Crippen molar-refractivity contribution >= 4 is 11.6 Å². The molecule has 0 aliphatic heterocycles. The molecule has 5 heteroatoms. The lowest BCUT2D eigenvalue weighted by Crippen LogP contribution is -2.23. The topological polar surface area (TPSA) is 61.0 Å². The first-order chi connectivity index (χ1) is 7.48. The van der Waals surface area contributed by atoms with E-state index in [9.17, 15) is 0 Å². The Balaban J connectivity index is 2.57. The van der Waals surface area contributed by atoms with Gasteiger partial charge in [0.05, 0.1) is 12.8 Å². The van der Waals surface area contributed by atoms with Gasteiger partial charge in [-0.05, 0) is 18.8 Å². The van der Waals surface area contributed by atoms with E-state index in [1.165, 1.54) is 7.11 Å². The predicted molar refractivity (Wildman–Crippen MR) is 62.8 cm³/mol. The summed E-state index contributed by atoms with van der Waals surface area (Å²) < 4.78 is 5.03. The van der Waals surface area contributed by atoms with Gasteiger partial charge in [0.1, 0.15) is 5.15 Å². The summed E-state index contributed by atoms with van der Waals surface area (Å²) in [6.07, 6.45) is 1.89. The van der Waals surface area contributed by atoms with Crippen LogP contribution in [0.1, 0.15) is 43.9 Å². The highest BCUT2D eigenvalue weighted by Gasteiger charge is 2.44. The van der Waals surface area contributed by atoms with Crippen LogP contribution in [0.4, 0.5) is 0 Å². The van der Waals surface area contributed by atoms with Crippen molar-refractivity contribution in [3.63, 3.8) is 0 Å². The van der Waals surface area contributed by atoms with Crippen molar-refractivity contribution in [2.24, 2.45) is 5.73 Å². The van der Waals surface area contributed by atoms with E-state index >= 15 is 0 Å². The predicted octanol–water partition coefficient (Wildman–Crippen LogP) is 2.21. The van der Waals surface area contributed by atoms with Crippen molar-refractivity contribution in [1.82, 2.24) is 9.97 Å². The lowest BCUT2D eigenvalue weighted by atomic mass is 9.98. The van der Waals surface area contributed by atoms with Gasteiger partial charge in [-0.3, -0.25) is 0 Å². The van der Waals surface area contributed by atoms with Gasteiger partial charge in [-0.2, -0.15) is 9.97 Å². The molecule has 0 aromatic carbocycles. The van der Waals surface area contributed by atoms with Gasteiger partial charge in [0, 0.05) is 11.1 Å². The number of nitrogens with zero attached hydrogens (tertiary/aromatic N) is 2. The quantitative estimate of drug-likeness (QED) is 0.825. The third kappa shape index (κ3) is 1.87. The number of halogens is 1. The van der Waals surface area contributed by atoms with Crippen LogP contribution in [-0.4, -0.2) is 17.1 Å². The SMILES string of the molecule is COc1nc(Cl)c(C2(N)CC2)c(C(C)C)n1. The molecular weight excluding hydrogens is 226 g/mol. The van der Waals surface area contributed by atoms with Crippen LogP contribution in [0.25, 0.3) is 0 Å². The minimum atomic E-state index is -0.317. The summed E-state index contributed by atoms with van der Waals surface area (Å²) in [6.45, 7) is 4.13. The molecular formula is C11H16ClN3O. The summed E-state index contributed by atoms with van der Waals surface area (Å²) in [5.41, 5.74) is 7.67. The van der Waals surface area contributed by atoms with Crippen molar-refractivity contribution in [1.29, 1.82) is 0 Å². The van der Waals surface area contributed by atoms with E-state index < -0.39 is 0 Å². The van der Waals surface area contributed by atoms with Crippen LogP contribution in [0.2, 0.25) is 5.15 Å². The summed E-state index contributed by atoms with van der Waals surface area (Å²) in [5.74, 6) is 0.255. The highest BCUT2D eigenvalue weighted by molar-refractivity contribution is 6.30.